The minimum atomic E-state index is -0.183. The average molecular weight is 434 g/mol. The molecule has 6 nitrogen and oxygen atoms in total. The molecule has 0 saturated carbocycles. The van der Waals surface area contributed by atoms with Crippen molar-refractivity contribution in [2.75, 3.05) is 27.5 Å². The van der Waals surface area contributed by atoms with Crippen LogP contribution in [0.2, 0.25) is 0 Å². The predicted molar refractivity (Wildman–Crippen MR) is 103 cm³/mol. The number of halogens is 1. The van der Waals surface area contributed by atoms with Crippen LogP contribution in [0.1, 0.15) is 33.9 Å². The molecule has 0 saturated heterocycles. The van der Waals surface area contributed by atoms with Crippen molar-refractivity contribution in [1.29, 1.82) is 0 Å². The highest BCUT2D eigenvalue weighted by Gasteiger charge is 2.35. The van der Waals surface area contributed by atoms with E-state index in [1.54, 1.807) is 19.2 Å². The maximum absolute atomic E-state index is 13.0. The van der Waals surface area contributed by atoms with Gasteiger partial charge in [0.1, 0.15) is 5.75 Å². The van der Waals surface area contributed by atoms with Gasteiger partial charge in [-0.3, -0.25) is 9.69 Å². The van der Waals surface area contributed by atoms with Gasteiger partial charge in [-0.25, -0.2) is 0 Å². The van der Waals surface area contributed by atoms with Gasteiger partial charge in [0.15, 0.2) is 17.3 Å². The van der Waals surface area contributed by atoms with Crippen molar-refractivity contribution < 1.29 is 24.1 Å². The van der Waals surface area contributed by atoms with Crippen LogP contribution in [0.4, 0.5) is 0 Å². The molecule has 2 heterocycles. The maximum Gasteiger partial charge on any atom is 0.231 e. The number of fused-ring (bicyclic) bond motifs is 2. The van der Waals surface area contributed by atoms with Crippen LogP contribution < -0.4 is 14.2 Å². The summed E-state index contributed by atoms with van der Waals surface area (Å²) >= 11 is 3.37. The summed E-state index contributed by atoms with van der Waals surface area (Å²) in [6.45, 7) is 0.981. The second kappa shape index (κ2) is 7.05. The number of rotatable bonds is 4. The summed E-state index contributed by atoms with van der Waals surface area (Å²) in [6, 6.07) is 6.78. The number of carbonyl (C=O) groups excluding carboxylic acids is 1. The fraction of sp³-hybridized carbons (Fsp3) is 0.350. The minimum Gasteiger partial charge on any atom is -0.507 e. The molecule has 0 spiro atoms. The molecule has 0 aromatic heterocycles. The Hall–Kier alpha value is -2.25. The third kappa shape index (κ3) is 3.04. The number of aromatic hydroxyl groups is 1. The highest BCUT2D eigenvalue weighted by atomic mass is 79.9. The smallest absolute Gasteiger partial charge is 0.231 e. The van der Waals surface area contributed by atoms with Crippen LogP contribution in [0, 0.1) is 0 Å². The Morgan fingerprint density at radius 1 is 1.41 bits per heavy atom. The van der Waals surface area contributed by atoms with E-state index in [4.69, 9.17) is 14.2 Å². The lowest BCUT2D eigenvalue weighted by molar-refractivity contribution is 0.0922. The summed E-state index contributed by atoms with van der Waals surface area (Å²) in [7, 11) is 3.59. The zero-order valence-electron chi connectivity index (χ0n) is 15.1. The van der Waals surface area contributed by atoms with Crippen LogP contribution in [0.25, 0.3) is 0 Å². The van der Waals surface area contributed by atoms with Gasteiger partial charge in [0.25, 0.3) is 0 Å². The minimum absolute atomic E-state index is 0.0225. The van der Waals surface area contributed by atoms with Crippen LogP contribution in [0.3, 0.4) is 0 Å². The molecule has 1 atom stereocenters. The zero-order valence-corrected chi connectivity index (χ0v) is 16.7. The van der Waals surface area contributed by atoms with Crippen LogP contribution >= 0.6 is 15.9 Å². The molecule has 0 radical (unpaired) electrons. The van der Waals surface area contributed by atoms with Crippen molar-refractivity contribution in [1.82, 2.24) is 4.90 Å². The summed E-state index contributed by atoms with van der Waals surface area (Å²) in [4.78, 5) is 15.2. The van der Waals surface area contributed by atoms with Gasteiger partial charge in [-0.1, -0.05) is 6.07 Å². The highest BCUT2D eigenvalue weighted by molar-refractivity contribution is 9.10. The Morgan fingerprint density at radius 2 is 2.22 bits per heavy atom. The predicted octanol–water partition coefficient (Wildman–Crippen LogP) is 3.69. The highest BCUT2D eigenvalue weighted by Crippen LogP contribution is 2.50. The number of ketones is 1. The molecule has 142 valence electrons. The number of nitrogens with zero attached hydrogens (tertiary/aromatic N) is 1. The summed E-state index contributed by atoms with van der Waals surface area (Å²) < 4.78 is 17.4. The number of hydrogen-bond donors (Lipinski definition) is 1. The van der Waals surface area contributed by atoms with Gasteiger partial charge in [0.2, 0.25) is 12.5 Å². The van der Waals surface area contributed by atoms with Crippen LogP contribution in [-0.2, 0) is 6.42 Å². The van der Waals surface area contributed by atoms with Gasteiger partial charge in [-0.15, -0.1) is 0 Å². The number of carbonyl (C=O) groups is 1. The molecule has 2 aliphatic rings. The molecule has 4 rings (SSSR count). The number of phenolic OH excluding ortho intramolecular Hbond substituents is 1. The molecule has 7 heteroatoms. The first kappa shape index (κ1) is 18.1. The topological polar surface area (TPSA) is 68.2 Å². The average Bonchev–Trinajstić information content (AvgIpc) is 3.10. The Bertz CT molecular complexity index is 893. The Balaban J connectivity index is 1.76. The van der Waals surface area contributed by atoms with E-state index >= 15 is 0 Å². The molecule has 0 amide bonds. The second-order valence-electron chi connectivity index (χ2n) is 6.72. The van der Waals surface area contributed by atoms with Gasteiger partial charge < -0.3 is 19.3 Å². The van der Waals surface area contributed by atoms with Gasteiger partial charge in [0, 0.05) is 29.0 Å². The summed E-state index contributed by atoms with van der Waals surface area (Å²) in [5.74, 6) is 1.74. The van der Waals surface area contributed by atoms with Crippen molar-refractivity contribution in [2.24, 2.45) is 0 Å². The second-order valence-corrected chi connectivity index (χ2v) is 7.58. The molecule has 2 aliphatic heterocycles. The van der Waals surface area contributed by atoms with E-state index in [-0.39, 0.29) is 30.8 Å². The molecule has 0 bridgehead atoms. The molecule has 2 aromatic carbocycles. The Morgan fingerprint density at radius 3 is 2.96 bits per heavy atom. The fourth-order valence-corrected chi connectivity index (χ4v) is 4.43. The largest absolute Gasteiger partial charge is 0.507 e. The number of hydrogen-bond acceptors (Lipinski definition) is 6. The van der Waals surface area contributed by atoms with E-state index in [2.05, 4.69) is 20.8 Å². The molecule has 0 aliphatic carbocycles. The quantitative estimate of drug-likeness (QED) is 0.741. The molecular formula is C20H20BrNO5. The number of likely N-dealkylation sites (N-methyl/N-ethyl adjacent to an activating group) is 1. The third-order valence-corrected chi connectivity index (χ3v) is 5.86. The molecule has 27 heavy (non-hydrogen) atoms. The van der Waals surface area contributed by atoms with Crippen LogP contribution in [0.15, 0.2) is 28.7 Å². The van der Waals surface area contributed by atoms with Crippen molar-refractivity contribution in [3.05, 3.63) is 45.4 Å². The molecular weight excluding hydrogens is 414 g/mol. The Kier molecular flexibility index (Phi) is 4.74. The first-order chi connectivity index (χ1) is 13.0. The van der Waals surface area contributed by atoms with Crippen LogP contribution in [-0.4, -0.2) is 43.3 Å². The van der Waals surface area contributed by atoms with Crippen molar-refractivity contribution >= 4 is 21.7 Å². The van der Waals surface area contributed by atoms with E-state index in [0.717, 1.165) is 24.1 Å². The van der Waals surface area contributed by atoms with Crippen LogP contribution in [0.5, 0.6) is 23.0 Å². The normalized spacial score (nSPS) is 18.3. The molecule has 1 N–H and O–H groups in total. The van der Waals surface area contributed by atoms with E-state index in [9.17, 15) is 9.90 Å². The van der Waals surface area contributed by atoms with E-state index in [1.165, 1.54) is 6.07 Å². The first-order valence-corrected chi connectivity index (χ1v) is 9.50. The molecule has 1 unspecified atom stereocenters. The van der Waals surface area contributed by atoms with Gasteiger partial charge in [-0.05, 0) is 53.2 Å². The lowest BCUT2D eigenvalue weighted by Crippen LogP contribution is -2.34. The van der Waals surface area contributed by atoms with Crippen molar-refractivity contribution in [3.63, 3.8) is 0 Å². The number of methoxy groups -OCH3 is 1. The molecule has 0 fully saturated rings. The van der Waals surface area contributed by atoms with Gasteiger partial charge in [0.05, 0.1) is 12.7 Å². The van der Waals surface area contributed by atoms with Gasteiger partial charge in [-0.2, -0.15) is 0 Å². The number of phenols is 1. The van der Waals surface area contributed by atoms with Crippen molar-refractivity contribution in [2.45, 2.75) is 18.9 Å². The lowest BCUT2D eigenvalue weighted by Gasteiger charge is -2.35. The van der Waals surface area contributed by atoms with E-state index < -0.39 is 0 Å². The molecule has 2 aromatic rings. The van der Waals surface area contributed by atoms with E-state index in [0.29, 0.717) is 27.3 Å². The number of Topliss-reactive ketones (excluding diaryl/α,β-unsaturated/α-hetero) is 1. The number of ether oxygens (including phenoxy) is 3. The fourth-order valence-electron chi connectivity index (χ4n) is 3.85. The monoisotopic (exact) mass is 433 g/mol. The van der Waals surface area contributed by atoms with Gasteiger partial charge >= 0.3 is 0 Å². The summed E-state index contributed by atoms with van der Waals surface area (Å²) in [5.41, 5.74) is 2.36. The lowest BCUT2D eigenvalue weighted by atomic mass is 9.87. The zero-order chi connectivity index (χ0) is 19.1. The van der Waals surface area contributed by atoms with E-state index in [1.807, 2.05) is 13.1 Å². The first-order valence-electron chi connectivity index (χ1n) is 8.71. The maximum atomic E-state index is 13.0. The standard InChI is InChI=1S/C20H20BrNO5/c1-22-7-6-11-8-16-19(27-10-26-16)20(25-2)17(11)13(22)9-15(24)18-12(21)4-3-5-14(18)23/h3-5,8,13,23H,6-7,9-10H2,1-2H3. The third-order valence-electron chi connectivity index (χ3n) is 5.20. The van der Waals surface area contributed by atoms with Crippen molar-refractivity contribution in [3.8, 4) is 23.0 Å². The Labute approximate surface area is 165 Å². The summed E-state index contributed by atoms with van der Waals surface area (Å²) in [6.07, 6.45) is 1.06. The summed E-state index contributed by atoms with van der Waals surface area (Å²) in [5, 5.41) is 10.2. The number of benzene rings is 2. The SMILES string of the molecule is COc1c2c(cc3c1C(CC(=O)c1c(O)cccc1Br)N(C)CC3)OCO2.